The van der Waals surface area contributed by atoms with Gasteiger partial charge in [-0.3, -0.25) is 0 Å². The summed E-state index contributed by atoms with van der Waals surface area (Å²) in [6, 6.07) is 16.9. The summed E-state index contributed by atoms with van der Waals surface area (Å²) in [6.45, 7) is 3.91. The maximum Gasteiger partial charge on any atom is 0.113 e. The molecule has 0 spiro atoms. The molecule has 0 saturated heterocycles. The van der Waals surface area contributed by atoms with E-state index in [1.807, 2.05) is 0 Å². The van der Waals surface area contributed by atoms with Gasteiger partial charge in [0.2, 0.25) is 0 Å². The number of imidazole rings is 1. The Balaban J connectivity index is 1.84. The average Bonchev–Trinajstić information content (AvgIpc) is 2.90. The molecule has 0 radical (unpaired) electrons. The number of hydrogen-bond acceptors (Lipinski definition) is 2. The zero-order valence-corrected chi connectivity index (χ0v) is 12.4. The Kier molecular flexibility index (Phi) is 4.31. The zero-order chi connectivity index (χ0) is 14.5. The fraction of sp³-hybridized carbons (Fsp3) is 0.278. The van der Waals surface area contributed by atoms with Crippen molar-refractivity contribution < 1.29 is 0 Å². The summed E-state index contributed by atoms with van der Waals surface area (Å²) in [4.78, 5) is 4.84. The summed E-state index contributed by atoms with van der Waals surface area (Å²) < 4.78 is 2.22. The van der Waals surface area contributed by atoms with Crippen molar-refractivity contribution in [1.82, 2.24) is 14.7 Å². The molecule has 1 N–H and O–H groups in total. The molecule has 3 rings (SSSR count). The van der Waals surface area contributed by atoms with Crippen LogP contribution in [0, 0.1) is 0 Å². The van der Waals surface area contributed by atoms with E-state index in [0.29, 0.717) is 0 Å². The van der Waals surface area contributed by atoms with Crippen molar-refractivity contribution >= 4 is 5.52 Å². The van der Waals surface area contributed by atoms with Crippen LogP contribution in [0.15, 0.2) is 54.7 Å². The Morgan fingerprint density at radius 1 is 1.00 bits per heavy atom. The molecule has 0 saturated carbocycles. The Morgan fingerprint density at radius 3 is 2.62 bits per heavy atom. The fourth-order valence-corrected chi connectivity index (χ4v) is 2.62. The van der Waals surface area contributed by atoms with Gasteiger partial charge in [0.25, 0.3) is 0 Å². The smallest absolute Gasteiger partial charge is 0.113 e. The molecule has 0 fully saturated rings. The van der Waals surface area contributed by atoms with Crippen LogP contribution in [0.25, 0.3) is 5.52 Å². The van der Waals surface area contributed by atoms with E-state index < -0.39 is 0 Å². The molecule has 0 aliphatic heterocycles. The van der Waals surface area contributed by atoms with Gasteiger partial charge in [-0.25, -0.2) is 4.98 Å². The molecule has 2 heterocycles. The monoisotopic (exact) mass is 279 g/mol. The second-order valence-electron chi connectivity index (χ2n) is 5.20. The second-order valence-corrected chi connectivity index (χ2v) is 5.20. The molecule has 0 aliphatic carbocycles. The molecule has 21 heavy (non-hydrogen) atoms. The number of benzene rings is 1. The van der Waals surface area contributed by atoms with Gasteiger partial charge in [0.05, 0.1) is 11.2 Å². The maximum absolute atomic E-state index is 4.84. The van der Waals surface area contributed by atoms with Gasteiger partial charge < -0.3 is 9.72 Å². The van der Waals surface area contributed by atoms with Gasteiger partial charge in [0.1, 0.15) is 5.82 Å². The number of rotatable bonds is 6. The third kappa shape index (κ3) is 3.14. The van der Waals surface area contributed by atoms with Crippen LogP contribution in [0.1, 0.15) is 24.0 Å². The summed E-state index contributed by atoms with van der Waals surface area (Å²) in [5, 5.41) is 3.37. The van der Waals surface area contributed by atoms with Gasteiger partial charge >= 0.3 is 0 Å². The molecule has 1 aromatic carbocycles. The van der Waals surface area contributed by atoms with Gasteiger partial charge in [-0.05, 0) is 30.7 Å². The van der Waals surface area contributed by atoms with E-state index in [2.05, 4.69) is 71.4 Å². The van der Waals surface area contributed by atoms with Crippen molar-refractivity contribution in [2.75, 3.05) is 6.54 Å². The first-order valence-corrected chi connectivity index (χ1v) is 7.58. The third-order valence-corrected chi connectivity index (χ3v) is 3.72. The Morgan fingerprint density at radius 2 is 1.81 bits per heavy atom. The highest BCUT2D eigenvalue weighted by Gasteiger charge is 2.09. The minimum atomic E-state index is 0.829. The van der Waals surface area contributed by atoms with Gasteiger partial charge in [0, 0.05) is 19.2 Å². The van der Waals surface area contributed by atoms with Crippen molar-refractivity contribution in [2.45, 2.75) is 26.3 Å². The molecule has 3 nitrogen and oxygen atoms in total. The highest BCUT2D eigenvalue weighted by molar-refractivity contribution is 5.53. The molecule has 0 bridgehead atoms. The Labute approximate surface area is 125 Å². The van der Waals surface area contributed by atoms with Crippen molar-refractivity contribution in [3.05, 3.63) is 71.8 Å². The summed E-state index contributed by atoms with van der Waals surface area (Å²) >= 11 is 0. The lowest BCUT2D eigenvalue weighted by Crippen LogP contribution is -2.12. The number of nitrogens with one attached hydrogen (secondary N) is 1. The highest BCUT2D eigenvalue weighted by atomic mass is 15.0. The zero-order valence-electron chi connectivity index (χ0n) is 12.4. The molecular weight excluding hydrogens is 258 g/mol. The van der Waals surface area contributed by atoms with E-state index in [4.69, 9.17) is 4.98 Å². The van der Waals surface area contributed by atoms with E-state index in [9.17, 15) is 0 Å². The van der Waals surface area contributed by atoms with Crippen LogP contribution in [0.4, 0.5) is 0 Å². The van der Waals surface area contributed by atoms with Crippen molar-refractivity contribution in [1.29, 1.82) is 0 Å². The van der Waals surface area contributed by atoms with Crippen LogP contribution in [-0.2, 0) is 19.4 Å². The number of aryl methyl sites for hydroxylation is 2. The van der Waals surface area contributed by atoms with Crippen LogP contribution in [-0.4, -0.2) is 15.9 Å². The first-order chi connectivity index (χ1) is 10.4. The van der Waals surface area contributed by atoms with Crippen molar-refractivity contribution in [3.63, 3.8) is 0 Å². The van der Waals surface area contributed by atoms with Crippen LogP contribution >= 0.6 is 0 Å². The predicted molar refractivity (Wildman–Crippen MR) is 86.4 cm³/mol. The summed E-state index contributed by atoms with van der Waals surface area (Å²) in [5.41, 5.74) is 3.71. The number of pyridine rings is 1. The van der Waals surface area contributed by atoms with E-state index in [1.54, 1.807) is 0 Å². The molecule has 0 unspecified atom stereocenters. The molecule has 2 aromatic heterocycles. The lowest BCUT2D eigenvalue weighted by atomic mass is 10.1. The van der Waals surface area contributed by atoms with E-state index in [-0.39, 0.29) is 0 Å². The minimum absolute atomic E-state index is 0.829. The van der Waals surface area contributed by atoms with E-state index >= 15 is 0 Å². The molecule has 3 aromatic rings. The molecule has 0 atom stereocenters. The predicted octanol–water partition coefficient (Wildman–Crippen LogP) is 3.23. The molecule has 0 amide bonds. The third-order valence-electron chi connectivity index (χ3n) is 3.72. The average molecular weight is 279 g/mol. The summed E-state index contributed by atoms with van der Waals surface area (Å²) in [7, 11) is 0. The lowest BCUT2D eigenvalue weighted by Gasteiger charge is -2.01. The molecule has 0 aliphatic rings. The van der Waals surface area contributed by atoms with Crippen LogP contribution in [0.3, 0.4) is 0 Å². The number of fused-ring (bicyclic) bond motifs is 1. The summed E-state index contributed by atoms with van der Waals surface area (Å²) in [5.74, 6) is 1.14. The lowest BCUT2D eigenvalue weighted by molar-refractivity contribution is 0.714. The normalized spacial score (nSPS) is 11.1. The largest absolute Gasteiger partial charge is 0.311 e. The quantitative estimate of drug-likeness (QED) is 0.750. The maximum atomic E-state index is 4.84. The Bertz CT molecular complexity index is 701. The topological polar surface area (TPSA) is 29.3 Å². The van der Waals surface area contributed by atoms with E-state index in [1.165, 1.54) is 11.1 Å². The molecule has 3 heteroatoms. The van der Waals surface area contributed by atoms with Crippen molar-refractivity contribution in [2.24, 2.45) is 0 Å². The van der Waals surface area contributed by atoms with Gasteiger partial charge in [-0.15, -0.1) is 0 Å². The van der Waals surface area contributed by atoms with Crippen LogP contribution in [0.5, 0.6) is 0 Å². The number of hydrogen-bond donors (Lipinski definition) is 1. The van der Waals surface area contributed by atoms with E-state index in [0.717, 1.165) is 37.4 Å². The first-order valence-electron chi connectivity index (χ1n) is 7.58. The molecule has 108 valence electrons. The summed E-state index contributed by atoms with van der Waals surface area (Å²) in [6.07, 6.45) is 4.09. The fourth-order valence-electron chi connectivity index (χ4n) is 2.62. The highest BCUT2D eigenvalue weighted by Crippen LogP contribution is 2.15. The molecular formula is C18H21N3. The van der Waals surface area contributed by atoms with Gasteiger partial charge in [0.15, 0.2) is 0 Å². The second kappa shape index (κ2) is 6.55. The van der Waals surface area contributed by atoms with Gasteiger partial charge in [-0.1, -0.05) is 43.3 Å². The van der Waals surface area contributed by atoms with Gasteiger partial charge in [-0.2, -0.15) is 0 Å². The SMILES string of the molecule is CCNCc1nc(CCc2ccccc2)n2ccccc12. The minimum Gasteiger partial charge on any atom is -0.311 e. The number of nitrogens with zero attached hydrogens (tertiary/aromatic N) is 2. The van der Waals surface area contributed by atoms with Crippen LogP contribution in [0.2, 0.25) is 0 Å². The standard InChI is InChI=1S/C18H21N3/c1-2-19-14-16-17-10-6-7-13-21(17)18(20-16)12-11-15-8-4-3-5-9-15/h3-10,13,19H,2,11-12,14H2,1H3. The Hall–Kier alpha value is -2.13. The van der Waals surface area contributed by atoms with Crippen molar-refractivity contribution in [3.8, 4) is 0 Å². The first kappa shape index (κ1) is 13.8. The number of aromatic nitrogens is 2. The van der Waals surface area contributed by atoms with Crippen LogP contribution < -0.4 is 5.32 Å².